The van der Waals surface area contributed by atoms with Crippen molar-refractivity contribution in [2.45, 2.75) is 12.2 Å². The first-order valence-electron chi connectivity index (χ1n) is 6.82. The first kappa shape index (κ1) is 14.2. The third-order valence-electron chi connectivity index (χ3n) is 3.45. The molecular formula is C17H13NO4. The van der Waals surface area contributed by atoms with Crippen LogP contribution in [0.25, 0.3) is 0 Å². The fourth-order valence-corrected chi connectivity index (χ4v) is 2.21. The van der Waals surface area contributed by atoms with Gasteiger partial charge in [0, 0.05) is 17.7 Å². The molecule has 1 aliphatic heterocycles. The van der Waals surface area contributed by atoms with Gasteiger partial charge in [0.1, 0.15) is 12.2 Å². The van der Waals surface area contributed by atoms with Crippen molar-refractivity contribution in [1.29, 1.82) is 0 Å². The molecule has 0 N–H and O–H groups in total. The minimum absolute atomic E-state index is 0.0516. The summed E-state index contributed by atoms with van der Waals surface area (Å²) in [5.74, 6) is -0.0708. The van der Waals surface area contributed by atoms with Gasteiger partial charge in [-0.25, -0.2) is 0 Å². The molecule has 5 nitrogen and oxygen atoms in total. The lowest BCUT2D eigenvalue weighted by Gasteiger charge is -1.95. The average molecular weight is 295 g/mol. The number of hydrogen-bond acceptors (Lipinski definition) is 4. The molecule has 0 amide bonds. The molecule has 1 fully saturated rings. The largest absolute Gasteiger partial charge is 0.360 e. The maximum absolute atomic E-state index is 11.9. The van der Waals surface area contributed by atoms with Crippen LogP contribution in [0.15, 0.2) is 66.7 Å². The predicted molar refractivity (Wildman–Crippen MR) is 80.6 cm³/mol. The quantitative estimate of drug-likeness (QED) is 0.278. The van der Waals surface area contributed by atoms with E-state index in [4.69, 9.17) is 4.74 Å². The van der Waals surface area contributed by atoms with E-state index in [9.17, 15) is 14.9 Å². The lowest BCUT2D eigenvalue weighted by molar-refractivity contribution is -0.384. The summed E-state index contributed by atoms with van der Waals surface area (Å²) in [5.41, 5.74) is 1.55. The number of epoxide rings is 1. The van der Waals surface area contributed by atoms with Crippen molar-refractivity contribution in [3.63, 3.8) is 0 Å². The highest BCUT2D eigenvalue weighted by Gasteiger charge is 2.38. The standard InChI is InChI=1S/C17H13NO4/c19-15(12-4-2-1-3-5-12)10-11-16-17(22-16)13-6-8-14(9-7-13)18(20)21/h1-11,16-17H/b11-10+/t16-,17-/m1/s1. The molecule has 2 aromatic rings. The molecule has 1 saturated heterocycles. The van der Waals surface area contributed by atoms with Crippen LogP contribution < -0.4 is 0 Å². The second-order valence-electron chi connectivity index (χ2n) is 4.96. The molecule has 22 heavy (non-hydrogen) atoms. The molecule has 110 valence electrons. The Labute approximate surface area is 127 Å². The zero-order chi connectivity index (χ0) is 15.5. The van der Waals surface area contributed by atoms with Gasteiger partial charge in [-0.3, -0.25) is 14.9 Å². The molecular weight excluding hydrogens is 282 g/mol. The number of nitrogens with zero attached hydrogens (tertiary/aromatic N) is 1. The summed E-state index contributed by atoms with van der Waals surface area (Å²) in [5, 5.41) is 10.6. The Morgan fingerprint density at radius 2 is 1.77 bits per heavy atom. The number of rotatable bonds is 5. The number of allylic oxidation sites excluding steroid dienone is 1. The Hall–Kier alpha value is -2.79. The van der Waals surface area contributed by atoms with E-state index in [1.54, 1.807) is 30.3 Å². The van der Waals surface area contributed by atoms with E-state index in [1.165, 1.54) is 18.2 Å². The highest BCUT2D eigenvalue weighted by atomic mass is 16.6. The number of carbonyl (C=O) groups is 1. The number of ether oxygens (including phenoxy) is 1. The number of hydrogen-bond donors (Lipinski definition) is 0. The summed E-state index contributed by atoms with van der Waals surface area (Å²) >= 11 is 0. The first-order chi connectivity index (χ1) is 10.6. The summed E-state index contributed by atoms with van der Waals surface area (Å²) in [7, 11) is 0. The fraction of sp³-hybridized carbons (Fsp3) is 0.118. The maximum Gasteiger partial charge on any atom is 0.269 e. The van der Waals surface area contributed by atoms with Gasteiger partial charge in [0.25, 0.3) is 5.69 Å². The van der Waals surface area contributed by atoms with Gasteiger partial charge in [0.2, 0.25) is 0 Å². The molecule has 0 unspecified atom stereocenters. The van der Waals surface area contributed by atoms with Gasteiger partial charge >= 0.3 is 0 Å². The van der Waals surface area contributed by atoms with Gasteiger partial charge in [-0.15, -0.1) is 0 Å². The molecule has 0 spiro atoms. The topological polar surface area (TPSA) is 72.7 Å². The minimum Gasteiger partial charge on any atom is -0.360 e. The second-order valence-corrected chi connectivity index (χ2v) is 4.96. The van der Waals surface area contributed by atoms with Crippen LogP contribution in [-0.2, 0) is 4.74 Å². The summed E-state index contributed by atoms with van der Waals surface area (Å²) in [6.45, 7) is 0. The molecule has 2 atom stereocenters. The molecule has 1 aliphatic rings. The number of non-ortho nitro benzene ring substituents is 1. The normalized spacial score (nSPS) is 20.0. The number of benzene rings is 2. The average Bonchev–Trinajstić information content (AvgIpc) is 3.33. The SMILES string of the molecule is O=C(/C=C/[C@H]1O[C@@H]1c1ccc([N+](=O)[O-])cc1)c1ccccc1. The monoisotopic (exact) mass is 295 g/mol. The second kappa shape index (κ2) is 5.91. The van der Waals surface area contributed by atoms with Crippen molar-refractivity contribution in [1.82, 2.24) is 0 Å². The minimum atomic E-state index is -0.437. The zero-order valence-corrected chi connectivity index (χ0v) is 11.6. The Balaban J connectivity index is 1.61. The van der Waals surface area contributed by atoms with Crippen LogP contribution in [0.2, 0.25) is 0 Å². The van der Waals surface area contributed by atoms with Crippen molar-refractivity contribution in [2.24, 2.45) is 0 Å². The Morgan fingerprint density at radius 1 is 1.09 bits per heavy atom. The van der Waals surface area contributed by atoms with Crippen molar-refractivity contribution in [2.75, 3.05) is 0 Å². The molecule has 0 saturated carbocycles. The summed E-state index contributed by atoms with van der Waals surface area (Å²) < 4.78 is 5.48. The molecule has 3 rings (SSSR count). The van der Waals surface area contributed by atoms with Crippen LogP contribution in [0.5, 0.6) is 0 Å². The van der Waals surface area contributed by atoms with Crippen molar-refractivity contribution >= 4 is 11.5 Å². The highest BCUT2D eigenvalue weighted by Crippen LogP contribution is 2.39. The van der Waals surface area contributed by atoms with Gasteiger partial charge in [-0.2, -0.15) is 0 Å². The highest BCUT2D eigenvalue weighted by molar-refractivity contribution is 6.04. The zero-order valence-electron chi connectivity index (χ0n) is 11.6. The molecule has 0 radical (unpaired) electrons. The third-order valence-corrected chi connectivity index (χ3v) is 3.45. The third kappa shape index (κ3) is 3.10. The van der Waals surface area contributed by atoms with Crippen LogP contribution in [0.4, 0.5) is 5.69 Å². The summed E-state index contributed by atoms with van der Waals surface area (Å²) in [6.07, 6.45) is 2.93. The molecule has 1 heterocycles. The number of nitro groups is 1. The van der Waals surface area contributed by atoms with Crippen LogP contribution in [0.1, 0.15) is 22.0 Å². The number of carbonyl (C=O) groups excluding carboxylic acids is 1. The van der Waals surface area contributed by atoms with E-state index in [0.717, 1.165) is 5.56 Å². The van der Waals surface area contributed by atoms with Gasteiger partial charge in [0.15, 0.2) is 5.78 Å². The van der Waals surface area contributed by atoms with E-state index < -0.39 is 4.92 Å². The van der Waals surface area contributed by atoms with E-state index in [2.05, 4.69) is 0 Å². The maximum atomic E-state index is 11.9. The predicted octanol–water partition coefficient (Wildman–Crippen LogP) is 3.47. The van der Waals surface area contributed by atoms with Gasteiger partial charge in [-0.1, -0.05) is 30.3 Å². The number of nitro benzene ring substituents is 1. The Bertz CT molecular complexity index is 722. The smallest absolute Gasteiger partial charge is 0.269 e. The van der Waals surface area contributed by atoms with Crippen molar-refractivity contribution in [3.05, 3.63) is 88.0 Å². The van der Waals surface area contributed by atoms with Crippen LogP contribution >= 0.6 is 0 Å². The Kier molecular flexibility index (Phi) is 3.80. The molecule has 0 aliphatic carbocycles. The van der Waals surface area contributed by atoms with Gasteiger partial charge < -0.3 is 4.74 Å². The molecule has 2 aromatic carbocycles. The van der Waals surface area contributed by atoms with E-state index >= 15 is 0 Å². The van der Waals surface area contributed by atoms with Crippen LogP contribution in [-0.4, -0.2) is 16.8 Å². The fourth-order valence-electron chi connectivity index (χ4n) is 2.21. The Morgan fingerprint density at radius 3 is 2.41 bits per heavy atom. The van der Waals surface area contributed by atoms with Crippen LogP contribution in [0.3, 0.4) is 0 Å². The lowest BCUT2D eigenvalue weighted by atomic mass is 10.1. The molecule has 0 bridgehead atoms. The van der Waals surface area contributed by atoms with Gasteiger partial charge in [0.05, 0.1) is 4.92 Å². The van der Waals surface area contributed by atoms with E-state index in [0.29, 0.717) is 5.56 Å². The van der Waals surface area contributed by atoms with Gasteiger partial charge in [-0.05, 0) is 29.8 Å². The molecule has 0 aromatic heterocycles. The van der Waals surface area contributed by atoms with Crippen molar-refractivity contribution in [3.8, 4) is 0 Å². The summed E-state index contributed by atoms with van der Waals surface area (Å²) in [6, 6.07) is 15.3. The van der Waals surface area contributed by atoms with E-state index in [1.807, 2.05) is 18.2 Å². The summed E-state index contributed by atoms with van der Waals surface area (Å²) in [4.78, 5) is 22.1. The van der Waals surface area contributed by atoms with Crippen LogP contribution in [0, 0.1) is 10.1 Å². The number of ketones is 1. The van der Waals surface area contributed by atoms with Crippen molar-refractivity contribution < 1.29 is 14.5 Å². The van der Waals surface area contributed by atoms with E-state index in [-0.39, 0.29) is 23.7 Å². The lowest BCUT2D eigenvalue weighted by Crippen LogP contribution is -1.94. The molecule has 5 heteroatoms. The first-order valence-corrected chi connectivity index (χ1v) is 6.82.